The van der Waals surface area contributed by atoms with Crippen molar-refractivity contribution in [1.29, 1.82) is 0 Å². The largest absolute Gasteiger partial charge is 0.310 e. The molecule has 3 heterocycles. The lowest BCUT2D eigenvalue weighted by Crippen LogP contribution is -2.26. The van der Waals surface area contributed by atoms with Gasteiger partial charge in [0.2, 0.25) is 5.91 Å². The maximum Gasteiger partial charge on any atom is 0.228 e. The number of benzene rings is 1. The fourth-order valence-corrected chi connectivity index (χ4v) is 3.87. The molecule has 3 aromatic rings. The first-order valence-corrected chi connectivity index (χ1v) is 9.93. The smallest absolute Gasteiger partial charge is 0.228 e. The summed E-state index contributed by atoms with van der Waals surface area (Å²) in [6.07, 6.45) is 4.03. The Bertz CT molecular complexity index is 1100. The molecule has 30 heavy (non-hydrogen) atoms. The maximum absolute atomic E-state index is 14.2. The number of hydrogen-bond acceptors (Lipinski definition) is 3. The summed E-state index contributed by atoms with van der Waals surface area (Å²) < 4.78 is 42.5. The van der Waals surface area contributed by atoms with Gasteiger partial charge in [-0.05, 0) is 49.9 Å². The quantitative estimate of drug-likeness (QED) is 0.590. The van der Waals surface area contributed by atoms with E-state index in [1.807, 2.05) is 0 Å². The van der Waals surface area contributed by atoms with Crippen molar-refractivity contribution in [1.82, 2.24) is 14.8 Å². The molecule has 1 unspecified atom stereocenters. The topological polar surface area (TPSA) is 59.8 Å². The first-order valence-electron chi connectivity index (χ1n) is 9.55. The van der Waals surface area contributed by atoms with Crippen LogP contribution in [0.4, 0.5) is 19.0 Å². The number of fused-ring (bicyclic) bond motifs is 1. The molecule has 156 valence electrons. The van der Waals surface area contributed by atoms with Gasteiger partial charge in [0.25, 0.3) is 0 Å². The van der Waals surface area contributed by atoms with Gasteiger partial charge in [-0.3, -0.25) is 9.48 Å². The minimum Gasteiger partial charge on any atom is -0.310 e. The highest BCUT2D eigenvalue weighted by Crippen LogP contribution is 2.30. The van der Waals surface area contributed by atoms with Crippen LogP contribution in [-0.4, -0.2) is 20.7 Å². The first kappa shape index (κ1) is 20.4. The normalized spacial score (nSPS) is 16.5. The van der Waals surface area contributed by atoms with Crippen LogP contribution in [0.5, 0.6) is 0 Å². The predicted octanol–water partition coefficient (Wildman–Crippen LogP) is 5.00. The zero-order chi connectivity index (χ0) is 21.3. The van der Waals surface area contributed by atoms with E-state index in [2.05, 4.69) is 15.4 Å². The summed E-state index contributed by atoms with van der Waals surface area (Å²) in [5, 5.41) is 6.73. The van der Waals surface area contributed by atoms with Gasteiger partial charge in [0.05, 0.1) is 6.20 Å². The number of hydrogen-bond donors (Lipinski definition) is 1. The standard InChI is InChI=1S/C21H18ClF3N4O/c22-20-16(24)6-7-19(27-20)28-21(30)12-2-1-3-18-15(11-26-29(18)9-8-12)14-5-4-13(23)10-17(14)25/h4-7,10-12H,1-3,8-9H2,(H,27,28,30). The van der Waals surface area contributed by atoms with Gasteiger partial charge in [0.1, 0.15) is 17.5 Å². The van der Waals surface area contributed by atoms with E-state index >= 15 is 0 Å². The number of carbonyl (C=O) groups excluding carboxylic acids is 1. The van der Waals surface area contributed by atoms with Crippen LogP contribution in [0.2, 0.25) is 5.15 Å². The van der Waals surface area contributed by atoms with E-state index < -0.39 is 17.5 Å². The Morgan fingerprint density at radius 2 is 1.93 bits per heavy atom. The van der Waals surface area contributed by atoms with Crippen molar-refractivity contribution in [3.05, 3.63) is 64.8 Å². The monoisotopic (exact) mass is 434 g/mol. The van der Waals surface area contributed by atoms with Crippen molar-refractivity contribution < 1.29 is 18.0 Å². The summed E-state index contributed by atoms with van der Waals surface area (Å²) in [7, 11) is 0. The van der Waals surface area contributed by atoms with E-state index in [0.717, 1.165) is 17.8 Å². The van der Waals surface area contributed by atoms with Crippen LogP contribution in [-0.2, 0) is 17.8 Å². The summed E-state index contributed by atoms with van der Waals surface area (Å²) in [5.74, 6) is -2.21. The number of halogens is 4. The van der Waals surface area contributed by atoms with Crippen molar-refractivity contribution in [3.8, 4) is 11.1 Å². The molecular weight excluding hydrogens is 417 g/mol. The molecule has 0 bridgehead atoms. The second-order valence-corrected chi connectivity index (χ2v) is 7.55. The lowest BCUT2D eigenvalue weighted by atomic mass is 9.93. The maximum atomic E-state index is 14.2. The molecule has 1 aromatic carbocycles. The number of nitrogens with one attached hydrogen (secondary N) is 1. The molecule has 1 aliphatic heterocycles. The van der Waals surface area contributed by atoms with E-state index in [1.165, 1.54) is 18.2 Å². The highest BCUT2D eigenvalue weighted by atomic mass is 35.5. The Kier molecular flexibility index (Phi) is 5.76. The Labute approximate surface area is 175 Å². The highest BCUT2D eigenvalue weighted by Gasteiger charge is 2.24. The van der Waals surface area contributed by atoms with Crippen molar-refractivity contribution in [3.63, 3.8) is 0 Å². The second kappa shape index (κ2) is 8.47. The van der Waals surface area contributed by atoms with Crippen LogP contribution in [0, 0.1) is 23.4 Å². The highest BCUT2D eigenvalue weighted by molar-refractivity contribution is 6.29. The Hall–Kier alpha value is -2.87. The van der Waals surface area contributed by atoms with Crippen LogP contribution < -0.4 is 5.32 Å². The third-order valence-corrected chi connectivity index (χ3v) is 5.52. The molecule has 0 fully saturated rings. The summed E-state index contributed by atoms with van der Waals surface area (Å²) in [4.78, 5) is 16.5. The number of carbonyl (C=O) groups is 1. The third-order valence-electron chi connectivity index (χ3n) is 5.25. The molecule has 9 heteroatoms. The molecule has 1 aliphatic rings. The number of nitrogens with zero attached hydrogens (tertiary/aromatic N) is 3. The third kappa shape index (κ3) is 4.18. The van der Waals surface area contributed by atoms with Crippen LogP contribution in [0.15, 0.2) is 36.5 Å². The Balaban J connectivity index is 1.49. The van der Waals surface area contributed by atoms with Gasteiger partial charge < -0.3 is 5.32 Å². The second-order valence-electron chi connectivity index (χ2n) is 7.19. The van der Waals surface area contributed by atoms with Gasteiger partial charge in [-0.15, -0.1) is 0 Å². The number of rotatable bonds is 3. The molecule has 4 rings (SSSR count). The molecule has 1 amide bonds. The molecule has 0 aliphatic carbocycles. The average molecular weight is 435 g/mol. The van der Waals surface area contributed by atoms with Crippen molar-refractivity contribution in [2.75, 3.05) is 5.32 Å². The van der Waals surface area contributed by atoms with E-state index in [1.54, 1.807) is 10.9 Å². The summed E-state index contributed by atoms with van der Waals surface area (Å²) in [5.41, 5.74) is 1.82. The summed E-state index contributed by atoms with van der Waals surface area (Å²) in [6.45, 7) is 0.480. The van der Waals surface area contributed by atoms with Gasteiger partial charge in [-0.1, -0.05) is 11.6 Å². The van der Waals surface area contributed by atoms with E-state index in [0.29, 0.717) is 43.4 Å². The SMILES string of the molecule is O=C(Nc1ccc(F)c(Cl)n1)C1CCCc2c(-c3ccc(F)cc3F)cnn2CC1. The minimum atomic E-state index is -0.653. The van der Waals surface area contributed by atoms with Gasteiger partial charge in [0.15, 0.2) is 11.0 Å². The molecule has 0 saturated heterocycles. The van der Waals surface area contributed by atoms with Crippen LogP contribution in [0.1, 0.15) is 25.0 Å². The number of amides is 1. The zero-order valence-corrected chi connectivity index (χ0v) is 16.6. The number of pyridine rings is 1. The lowest BCUT2D eigenvalue weighted by molar-refractivity contribution is -0.120. The Morgan fingerprint density at radius 3 is 2.70 bits per heavy atom. The minimum absolute atomic E-state index is 0.197. The van der Waals surface area contributed by atoms with E-state index in [9.17, 15) is 18.0 Å². The molecule has 0 spiro atoms. The molecule has 1 N–H and O–H groups in total. The molecule has 0 saturated carbocycles. The molecule has 0 radical (unpaired) electrons. The van der Waals surface area contributed by atoms with Crippen molar-refractivity contribution >= 4 is 23.3 Å². The van der Waals surface area contributed by atoms with Crippen LogP contribution >= 0.6 is 11.6 Å². The summed E-state index contributed by atoms with van der Waals surface area (Å²) in [6, 6.07) is 6.00. The van der Waals surface area contributed by atoms with Crippen LogP contribution in [0.25, 0.3) is 11.1 Å². The number of anilines is 1. The van der Waals surface area contributed by atoms with Crippen molar-refractivity contribution in [2.45, 2.75) is 32.2 Å². The van der Waals surface area contributed by atoms with Gasteiger partial charge in [-0.2, -0.15) is 5.10 Å². The molecule has 1 atom stereocenters. The zero-order valence-electron chi connectivity index (χ0n) is 15.8. The van der Waals surface area contributed by atoms with Gasteiger partial charge >= 0.3 is 0 Å². The van der Waals surface area contributed by atoms with Crippen molar-refractivity contribution in [2.24, 2.45) is 5.92 Å². The number of aromatic nitrogens is 3. The fraction of sp³-hybridized carbons (Fsp3) is 0.286. The van der Waals surface area contributed by atoms with E-state index in [-0.39, 0.29) is 22.8 Å². The number of aryl methyl sites for hydroxylation is 1. The fourth-order valence-electron chi connectivity index (χ4n) is 3.72. The van der Waals surface area contributed by atoms with E-state index in [4.69, 9.17) is 11.6 Å². The molecule has 5 nitrogen and oxygen atoms in total. The lowest BCUT2D eigenvalue weighted by Gasteiger charge is -2.21. The first-order chi connectivity index (χ1) is 14.4. The summed E-state index contributed by atoms with van der Waals surface area (Å²) >= 11 is 5.66. The van der Waals surface area contributed by atoms with Crippen LogP contribution in [0.3, 0.4) is 0 Å². The molecule has 2 aromatic heterocycles. The Morgan fingerprint density at radius 1 is 1.10 bits per heavy atom. The average Bonchev–Trinajstić information content (AvgIpc) is 3.06. The predicted molar refractivity (Wildman–Crippen MR) is 106 cm³/mol. The van der Waals surface area contributed by atoms with Gasteiger partial charge in [-0.25, -0.2) is 18.2 Å². The molecular formula is C21H18ClF3N4O. The van der Waals surface area contributed by atoms with Gasteiger partial charge in [0, 0.05) is 35.3 Å².